The minimum Gasteiger partial charge on any atom is -0.481 e. The third-order valence-corrected chi connectivity index (χ3v) is 3.18. The molecule has 0 saturated carbocycles. The van der Waals surface area contributed by atoms with Crippen molar-refractivity contribution in [2.24, 2.45) is 11.3 Å². The Labute approximate surface area is 97.6 Å². The van der Waals surface area contributed by atoms with Crippen molar-refractivity contribution in [1.82, 2.24) is 4.90 Å². The Hall–Kier alpha value is -0.610. The SMILES string of the molecule is CC(C)(C)C(CCN1CCOCC1)C(=O)O. The van der Waals surface area contributed by atoms with Gasteiger partial charge in [0.05, 0.1) is 19.1 Å². The summed E-state index contributed by atoms with van der Waals surface area (Å²) in [4.78, 5) is 13.5. The highest BCUT2D eigenvalue weighted by Gasteiger charge is 2.31. The van der Waals surface area contributed by atoms with E-state index in [2.05, 4.69) is 4.90 Å². The van der Waals surface area contributed by atoms with Crippen LogP contribution in [0.1, 0.15) is 27.2 Å². The van der Waals surface area contributed by atoms with Gasteiger partial charge in [0.15, 0.2) is 0 Å². The lowest BCUT2D eigenvalue weighted by Crippen LogP contribution is -2.39. The summed E-state index contributed by atoms with van der Waals surface area (Å²) in [5, 5.41) is 9.20. The number of rotatable bonds is 4. The number of carbonyl (C=O) groups is 1. The predicted molar refractivity (Wildman–Crippen MR) is 62.5 cm³/mol. The number of hydrogen-bond donors (Lipinski definition) is 1. The quantitative estimate of drug-likeness (QED) is 0.793. The zero-order chi connectivity index (χ0) is 12.2. The van der Waals surface area contributed by atoms with E-state index in [4.69, 9.17) is 4.74 Å². The molecule has 0 bridgehead atoms. The molecule has 0 amide bonds. The Balaban J connectivity index is 2.40. The molecule has 1 unspecified atom stereocenters. The number of hydrogen-bond acceptors (Lipinski definition) is 3. The number of carboxylic acids is 1. The van der Waals surface area contributed by atoms with Gasteiger partial charge in [0, 0.05) is 13.1 Å². The number of ether oxygens (including phenoxy) is 1. The Bertz CT molecular complexity index is 229. The smallest absolute Gasteiger partial charge is 0.307 e. The van der Waals surface area contributed by atoms with E-state index < -0.39 is 5.97 Å². The van der Waals surface area contributed by atoms with E-state index >= 15 is 0 Å². The third kappa shape index (κ3) is 4.10. The van der Waals surface area contributed by atoms with Gasteiger partial charge in [-0.2, -0.15) is 0 Å². The second-order valence-electron chi connectivity index (χ2n) is 5.50. The minimum atomic E-state index is -0.680. The van der Waals surface area contributed by atoms with Crippen LogP contribution in [0, 0.1) is 11.3 Å². The maximum absolute atomic E-state index is 11.2. The first-order valence-corrected chi connectivity index (χ1v) is 5.94. The first kappa shape index (κ1) is 13.5. The molecule has 1 fully saturated rings. The first-order chi connectivity index (χ1) is 7.41. The van der Waals surface area contributed by atoms with Crippen LogP contribution in [0.25, 0.3) is 0 Å². The molecule has 1 rings (SSSR count). The molecule has 1 atom stereocenters. The average molecular weight is 229 g/mol. The molecule has 16 heavy (non-hydrogen) atoms. The molecule has 1 aliphatic rings. The molecule has 0 radical (unpaired) electrons. The maximum Gasteiger partial charge on any atom is 0.307 e. The van der Waals surface area contributed by atoms with Crippen LogP contribution in [0.15, 0.2) is 0 Å². The third-order valence-electron chi connectivity index (χ3n) is 3.18. The summed E-state index contributed by atoms with van der Waals surface area (Å²) in [7, 11) is 0. The highest BCUT2D eigenvalue weighted by molar-refractivity contribution is 5.70. The Morgan fingerprint density at radius 2 is 1.94 bits per heavy atom. The van der Waals surface area contributed by atoms with E-state index in [1.54, 1.807) is 0 Å². The maximum atomic E-state index is 11.2. The number of morpholine rings is 1. The van der Waals surface area contributed by atoms with E-state index in [9.17, 15) is 9.90 Å². The lowest BCUT2D eigenvalue weighted by molar-refractivity contribution is -0.146. The molecule has 4 nitrogen and oxygen atoms in total. The topological polar surface area (TPSA) is 49.8 Å². The second-order valence-corrected chi connectivity index (χ2v) is 5.50. The fraction of sp³-hybridized carbons (Fsp3) is 0.917. The predicted octanol–water partition coefficient (Wildman–Crippen LogP) is 1.46. The van der Waals surface area contributed by atoms with Crippen LogP contribution in [0.3, 0.4) is 0 Å². The van der Waals surface area contributed by atoms with Crippen LogP contribution in [-0.4, -0.2) is 48.8 Å². The van der Waals surface area contributed by atoms with Gasteiger partial charge in [-0.1, -0.05) is 20.8 Å². The normalized spacial score (nSPS) is 20.7. The Morgan fingerprint density at radius 1 is 1.38 bits per heavy atom. The number of carboxylic acid groups (broad SMARTS) is 1. The van der Waals surface area contributed by atoms with Crippen molar-refractivity contribution >= 4 is 5.97 Å². The fourth-order valence-corrected chi connectivity index (χ4v) is 2.06. The molecule has 0 aliphatic carbocycles. The summed E-state index contributed by atoms with van der Waals surface area (Å²) >= 11 is 0. The summed E-state index contributed by atoms with van der Waals surface area (Å²) < 4.78 is 5.26. The van der Waals surface area contributed by atoms with Crippen molar-refractivity contribution in [2.75, 3.05) is 32.8 Å². The summed E-state index contributed by atoms with van der Waals surface area (Å²) in [5.41, 5.74) is -0.169. The van der Waals surface area contributed by atoms with Gasteiger partial charge in [-0.15, -0.1) is 0 Å². The molecule has 1 saturated heterocycles. The summed E-state index contributed by atoms with van der Waals surface area (Å²) in [6.07, 6.45) is 0.721. The molecule has 1 heterocycles. The Morgan fingerprint density at radius 3 is 2.38 bits per heavy atom. The number of aliphatic carboxylic acids is 1. The fourth-order valence-electron chi connectivity index (χ4n) is 2.06. The van der Waals surface area contributed by atoms with Crippen molar-refractivity contribution in [2.45, 2.75) is 27.2 Å². The van der Waals surface area contributed by atoms with Crippen LogP contribution in [-0.2, 0) is 9.53 Å². The largest absolute Gasteiger partial charge is 0.481 e. The molecule has 0 aromatic heterocycles. The minimum absolute atomic E-state index is 0.169. The summed E-state index contributed by atoms with van der Waals surface area (Å²) in [6, 6.07) is 0. The van der Waals surface area contributed by atoms with E-state index in [1.807, 2.05) is 20.8 Å². The molecular formula is C12H23NO3. The molecule has 0 aromatic rings. The van der Waals surface area contributed by atoms with Gasteiger partial charge in [0.25, 0.3) is 0 Å². The molecule has 0 aromatic carbocycles. The van der Waals surface area contributed by atoms with Crippen molar-refractivity contribution < 1.29 is 14.6 Å². The number of nitrogens with zero attached hydrogens (tertiary/aromatic N) is 1. The van der Waals surface area contributed by atoms with E-state index in [0.29, 0.717) is 0 Å². The van der Waals surface area contributed by atoms with Crippen LogP contribution in [0.5, 0.6) is 0 Å². The molecule has 1 aliphatic heterocycles. The van der Waals surface area contributed by atoms with E-state index in [1.165, 1.54) is 0 Å². The lowest BCUT2D eigenvalue weighted by atomic mass is 9.79. The molecular weight excluding hydrogens is 206 g/mol. The second kappa shape index (κ2) is 5.64. The summed E-state index contributed by atoms with van der Waals surface area (Å²) in [6.45, 7) is 10.2. The van der Waals surface area contributed by atoms with Crippen molar-refractivity contribution in [3.8, 4) is 0 Å². The zero-order valence-corrected chi connectivity index (χ0v) is 10.5. The van der Waals surface area contributed by atoms with Gasteiger partial charge in [0.1, 0.15) is 0 Å². The average Bonchev–Trinajstić information content (AvgIpc) is 2.17. The van der Waals surface area contributed by atoms with Crippen LogP contribution in [0.4, 0.5) is 0 Å². The van der Waals surface area contributed by atoms with Gasteiger partial charge in [-0.25, -0.2) is 0 Å². The van der Waals surface area contributed by atoms with Gasteiger partial charge in [-0.05, 0) is 18.4 Å². The molecule has 4 heteroatoms. The van der Waals surface area contributed by atoms with Crippen molar-refractivity contribution in [3.05, 3.63) is 0 Å². The standard InChI is InChI=1S/C12H23NO3/c1-12(2,3)10(11(14)15)4-5-13-6-8-16-9-7-13/h10H,4-9H2,1-3H3,(H,14,15). The van der Waals surface area contributed by atoms with Gasteiger partial charge in [-0.3, -0.25) is 9.69 Å². The van der Waals surface area contributed by atoms with Crippen molar-refractivity contribution in [3.63, 3.8) is 0 Å². The molecule has 1 N–H and O–H groups in total. The van der Waals surface area contributed by atoms with Gasteiger partial charge < -0.3 is 9.84 Å². The highest BCUT2D eigenvalue weighted by Crippen LogP contribution is 2.29. The highest BCUT2D eigenvalue weighted by atomic mass is 16.5. The monoisotopic (exact) mass is 229 g/mol. The first-order valence-electron chi connectivity index (χ1n) is 5.94. The molecule has 94 valence electrons. The molecule has 0 spiro atoms. The van der Waals surface area contributed by atoms with Gasteiger partial charge in [0.2, 0.25) is 0 Å². The van der Waals surface area contributed by atoms with Crippen LogP contribution >= 0.6 is 0 Å². The van der Waals surface area contributed by atoms with E-state index in [-0.39, 0.29) is 11.3 Å². The van der Waals surface area contributed by atoms with Crippen LogP contribution in [0.2, 0.25) is 0 Å². The van der Waals surface area contributed by atoms with Crippen LogP contribution < -0.4 is 0 Å². The van der Waals surface area contributed by atoms with E-state index in [0.717, 1.165) is 39.3 Å². The Kier molecular flexibility index (Phi) is 4.74. The zero-order valence-electron chi connectivity index (χ0n) is 10.5. The van der Waals surface area contributed by atoms with Gasteiger partial charge >= 0.3 is 5.97 Å². The lowest BCUT2D eigenvalue weighted by Gasteiger charge is -2.31. The van der Waals surface area contributed by atoms with Crippen molar-refractivity contribution in [1.29, 1.82) is 0 Å². The summed E-state index contributed by atoms with van der Waals surface area (Å²) in [5.74, 6) is -0.948.